The Morgan fingerprint density at radius 1 is 1.41 bits per heavy atom. The van der Waals surface area contributed by atoms with Crippen molar-refractivity contribution < 1.29 is 22.0 Å². The Labute approximate surface area is 93.7 Å². The number of nitrogens with zero attached hydrogens (tertiary/aromatic N) is 2. The van der Waals surface area contributed by atoms with Crippen molar-refractivity contribution in [3.8, 4) is 6.07 Å². The molecule has 1 rings (SSSR count). The highest BCUT2D eigenvalue weighted by Crippen LogP contribution is 2.35. The summed E-state index contributed by atoms with van der Waals surface area (Å²) in [5, 5.41) is 8.40. The minimum Gasteiger partial charge on any atom is -0.251 e. The average Bonchev–Trinajstić information content (AvgIpc) is 2.15. The molecule has 0 N–H and O–H groups in total. The van der Waals surface area contributed by atoms with Crippen LogP contribution in [0.15, 0.2) is 6.20 Å². The molecule has 0 radical (unpaired) electrons. The molecule has 92 valence electrons. The predicted octanol–water partition coefficient (Wildman–Crippen LogP) is 3.41. The first-order valence-corrected chi connectivity index (χ1v) is 4.49. The summed E-state index contributed by atoms with van der Waals surface area (Å²) in [4.78, 5) is 3.10. The summed E-state index contributed by atoms with van der Waals surface area (Å²) in [6.07, 6.45) is -7.56. The van der Waals surface area contributed by atoms with E-state index >= 15 is 0 Å². The molecule has 0 atom stereocenters. The second-order valence-electron chi connectivity index (χ2n) is 3.30. The molecule has 1 heterocycles. The Bertz CT molecular complexity index is 459. The van der Waals surface area contributed by atoms with E-state index in [1.807, 2.05) is 0 Å². The van der Waals surface area contributed by atoms with Gasteiger partial charge in [0.15, 0.2) is 0 Å². The van der Waals surface area contributed by atoms with Crippen molar-refractivity contribution in [3.05, 3.63) is 28.6 Å². The van der Waals surface area contributed by atoms with Crippen LogP contribution in [0.2, 0.25) is 0 Å². The molecule has 0 aliphatic carbocycles. The van der Waals surface area contributed by atoms with Gasteiger partial charge in [-0.15, -0.1) is 0 Å². The Morgan fingerprint density at radius 3 is 2.41 bits per heavy atom. The molecular formula is C10H7F5N2. The van der Waals surface area contributed by atoms with E-state index in [-0.39, 0.29) is 5.56 Å². The van der Waals surface area contributed by atoms with Gasteiger partial charge in [0.2, 0.25) is 0 Å². The van der Waals surface area contributed by atoms with Gasteiger partial charge in [0.1, 0.15) is 5.69 Å². The number of hydrogen-bond acceptors (Lipinski definition) is 2. The Hall–Kier alpha value is -1.71. The molecule has 0 aliphatic rings. The lowest BCUT2D eigenvalue weighted by molar-refractivity contribution is -0.141. The molecule has 0 bridgehead atoms. The maximum Gasteiger partial charge on any atom is 0.433 e. The number of alkyl halides is 5. The molecule has 17 heavy (non-hydrogen) atoms. The SMILES string of the molecule is Cc1c(C(F)(F)F)ncc(CC#N)c1C(F)F. The standard InChI is InChI=1S/C10H7F5N2/c1-5-7(9(11)12)6(2-3-16)4-17-8(5)10(13,14)15/h4,9H,2H2,1H3. The second-order valence-corrected chi connectivity index (χ2v) is 3.30. The van der Waals surface area contributed by atoms with Crippen LogP contribution in [0.1, 0.15) is 28.8 Å². The lowest BCUT2D eigenvalue weighted by atomic mass is 10.0. The van der Waals surface area contributed by atoms with Crippen LogP contribution in [0.4, 0.5) is 22.0 Å². The summed E-state index contributed by atoms with van der Waals surface area (Å²) in [5.41, 5.74) is -2.89. The van der Waals surface area contributed by atoms with E-state index in [1.54, 1.807) is 6.07 Å². The highest BCUT2D eigenvalue weighted by atomic mass is 19.4. The molecule has 0 unspecified atom stereocenters. The van der Waals surface area contributed by atoms with Crippen molar-refractivity contribution in [1.29, 1.82) is 5.26 Å². The molecule has 0 saturated carbocycles. The summed E-state index contributed by atoms with van der Waals surface area (Å²) in [6.45, 7) is 0.929. The normalized spacial score (nSPS) is 11.6. The highest BCUT2D eigenvalue weighted by Gasteiger charge is 2.36. The zero-order valence-corrected chi connectivity index (χ0v) is 8.65. The number of aromatic nitrogens is 1. The van der Waals surface area contributed by atoms with Crippen molar-refractivity contribution in [2.45, 2.75) is 25.9 Å². The van der Waals surface area contributed by atoms with Gasteiger partial charge in [0.25, 0.3) is 6.43 Å². The summed E-state index contributed by atoms with van der Waals surface area (Å²) in [5.74, 6) is 0. The van der Waals surface area contributed by atoms with Crippen molar-refractivity contribution in [3.63, 3.8) is 0 Å². The molecule has 7 heteroatoms. The van der Waals surface area contributed by atoms with E-state index in [1.165, 1.54) is 0 Å². The predicted molar refractivity (Wildman–Crippen MR) is 48.3 cm³/mol. The van der Waals surface area contributed by atoms with Gasteiger partial charge in [-0.25, -0.2) is 8.78 Å². The molecule has 0 fully saturated rings. The number of hydrogen-bond donors (Lipinski definition) is 0. The molecular weight excluding hydrogens is 243 g/mol. The number of rotatable bonds is 2. The van der Waals surface area contributed by atoms with Crippen LogP contribution in [0.25, 0.3) is 0 Å². The fourth-order valence-corrected chi connectivity index (χ4v) is 1.49. The van der Waals surface area contributed by atoms with Gasteiger partial charge in [-0.2, -0.15) is 18.4 Å². The van der Waals surface area contributed by atoms with Crippen molar-refractivity contribution >= 4 is 0 Å². The van der Waals surface area contributed by atoms with Gasteiger partial charge < -0.3 is 0 Å². The topological polar surface area (TPSA) is 36.7 Å². The lowest BCUT2D eigenvalue weighted by Gasteiger charge is -2.15. The van der Waals surface area contributed by atoms with E-state index in [2.05, 4.69) is 4.98 Å². The third-order valence-corrected chi connectivity index (χ3v) is 2.21. The Morgan fingerprint density at radius 2 is 2.00 bits per heavy atom. The van der Waals surface area contributed by atoms with E-state index in [9.17, 15) is 22.0 Å². The zero-order chi connectivity index (χ0) is 13.2. The third-order valence-electron chi connectivity index (χ3n) is 2.21. The van der Waals surface area contributed by atoms with Crippen molar-refractivity contribution in [2.75, 3.05) is 0 Å². The van der Waals surface area contributed by atoms with E-state index in [0.29, 0.717) is 6.20 Å². The van der Waals surface area contributed by atoms with E-state index in [4.69, 9.17) is 5.26 Å². The minimum absolute atomic E-state index is 0.173. The molecule has 2 nitrogen and oxygen atoms in total. The van der Waals surface area contributed by atoms with Crippen LogP contribution in [-0.4, -0.2) is 4.98 Å². The van der Waals surface area contributed by atoms with E-state index < -0.39 is 35.8 Å². The van der Waals surface area contributed by atoms with Gasteiger partial charge in [-0.05, 0) is 18.1 Å². The molecule has 0 aliphatic heterocycles. The maximum atomic E-state index is 12.7. The average molecular weight is 250 g/mol. The van der Waals surface area contributed by atoms with Crippen LogP contribution >= 0.6 is 0 Å². The summed E-state index contributed by atoms with van der Waals surface area (Å²) in [7, 11) is 0. The van der Waals surface area contributed by atoms with Crippen molar-refractivity contribution in [1.82, 2.24) is 4.98 Å². The Kier molecular flexibility index (Phi) is 3.66. The lowest BCUT2D eigenvalue weighted by Crippen LogP contribution is -2.14. The highest BCUT2D eigenvalue weighted by molar-refractivity contribution is 5.39. The third kappa shape index (κ3) is 2.70. The van der Waals surface area contributed by atoms with Crippen LogP contribution in [-0.2, 0) is 12.6 Å². The largest absolute Gasteiger partial charge is 0.433 e. The van der Waals surface area contributed by atoms with Crippen LogP contribution in [0, 0.1) is 18.3 Å². The van der Waals surface area contributed by atoms with Gasteiger partial charge in [-0.1, -0.05) is 0 Å². The fourth-order valence-electron chi connectivity index (χ4n) is 1.49. The van der Waals surface area contributed by atoms with Crippen LogP contribution in [0.5, 0.6) is 0 Å². The van der Waals surface area contributed by atoms with Gasteiger partial charge in [0, 0.05) is 11.8 Å². The molecule has 0 aromatic carbocycles. The first kappa shape index (κ1) is 13.4. The van der Waals surface area contributed by atoms with Gasteiger partial charge in [-0.3, -0.25) is 4.98 Å². The number of nitriles is 1. The quantitative estimate of drug-likeness (QED) is 0.754. The fraction of sp³-hybridized carbons (Fsp3) is 0.400. The summed E-state index contributed by atoms with van der Waals surface area (Å²) >= 11 is 0. The molecule has 0 amide bonds. The molecule has 1 aromatic heterocycles. The molecule has 0 spiro atoms. The monoisotopic (exact) mass is 250 g/mol. The Balaban J connectivity index is 3.45. The number of halogens is 5. The molecule has 1 aromatic rings. The van der Waals surface area contributed by atoms with Crippen LogP contribution in [0.3, 0.4) is 0 Å². The minimum atomic E-state index is -4.78. The van der Waals surface area contributed by atoms with Gasteiger partial charge in [0.05, 0.1) is 12.5 Å². The smallest absolute Gasteiger partial charge is 0.251 e. The zero-order valence-electron chi connectivity index (χ0n) is 8.65. The second kappa shape index (κ2) is 4.65. The van der Waals surface area contributed by atoms with Crippen molar-refractivity contribution in [2.24, 2.45) is 0 Å². The maximum absolute atomic E-state index is 12.7. The summed E-state index contributed by atoms with van der Waals surface area (Å²) < 4.78 is 62.7. The van der Waals surface area contributed by atoms with Crippen LogP contribution < -0.4 is 0 Å². The van der Waals surface area contributed by atoms with Gasteiger partial charge >= 0.3 is 6.18 Å². The first-order valence-electron chi connectivity index (χ1n) is 4.49. The number of pyridine rings is 1. The first-order chi connectivity index (χ1) is 7.79. The molecule has 0 saturated heterocycles. The summed E-state index contributed by atoms with van der Waals surface area (Å²) in [6, 6.07) is 1.61. The van der Waals surface area contributed by atoms with E-state index in [0.717, 1.165) is 6.92 Å².